The van der Waals surface area contributed by atoms with Gasteiger partial charge in [0.2, 0.25) is 0 Å². The summed E-state index contributed by atoms with van der Waals surface area (Å²) >= 11 is 0. The van der Waals surface area contributed by atoms with E-state index in [9.17, 15) is 14.4 Å². The van der Waals surface area contributed by atoms with Crippen molar-refractivity contribution >= 4 is 18.0 Å². The lowest BCUT2D eigenvalue weighted by molar-refractivity contribution is -0.190. The molecule has 0 amide bonds. The lowest BCUT2D eigenvalue weighted by Gasteiger charge is -2.58. The van der Waals surface area contributed by atoms with Crippen LogP contribution in [0.1, 0.15) is 53.9 Å². The van der Waals surface area contributed by atoms with E-state index in [2.05, 4.69) is 6.92 Å². The van der Waals surface area contributed by atoms with Crippen LogP contribution in [0.15, 0.2) is 0 Å². The van der Waals surface area contributed by atoms with E-state index in [1.165, 1.54) is 6.92 Å². The zero-order valence-corrected chi connectivity index (χ0v) is 14.5. The number of esters is 1. The predicted molar refractivity (Wildman–Crippen MR) is 82.6 cm³/mol. The van der Waals surface area contributed by atoms with Crippen molar-refractivity contribution in [3.05, 3.63) is 0 Å². The number of carbonyl (C=O) groups excluding carboxylic acids is 3. The lowest BCUT2D eigenvalue weighted by Crippen LogP contribution is -2.66. The van der Waals surface area contributed by atoms with E-state index in [4.69, 9.17) is 9.47 Å². The summed E-state index contributed by atoms with van der Waals surface area (Å²) < 4.78 is 11.3. The van der Waals surface area contributed by atoms with Gasteiger partial charge < -0.3 is 14.3 Å². The predicted octanol–water partition coefficient (Wildman–Crippen LogP) is 2.31. The van der Waals surface area contributed by atoms with Gasteiger partial charge in [-0.25, -0.2) is 0 Å². The standard InChI is InChI=1S/C18H26O5/c1-10-14(22-11(2)20)15(21)17(4)12(16(10,3)8-9-19)6-7-13-18(17,5)23-13/h9-10,12-14H,6-8H2,1-5H3/t10-,12+,13?,14-,16-,17-,18?/m1/s1. The maximum atomic E-state index is 13.3. The van der Waals surface area contributed by atoms with E-state index in [-0.39, 0.29) is 29.1 Å². The fourth-order valence-electron chi connectivity index (χ4n) is 5.44. The van der Waals surface area contributed by atoms with Crippen LogP contribution in [0, 0.1) is 22.7 Å². The SMILES string of the molecule is CC(=O)O[C@H]1C(=O)[C@@]2(C)[C@@H](CCC3OC32C)[C@](C)(CC=O)[C@@H]1C. The number of ketones is 1. The summed E-state index contributed by atoms with van der Waals surface area (Å²) in [5, 5.41) is 0. The second-order valence-electron chi connectivity index (χ2n) is 8.11. The number of aldehydes is 1. The Balaban J connectivity index is 2.11. The Kier molecular flexibility index (Phi) is 3.53. The van der Waals surface area contributed by atoms with Crippen LogP contribution in [0.5, 0.6) is 0 Å². The average molecular weight is 322 g/mol. The van der Waals surface area contributed by atoms with Gasteiger partial charge in [0.25, 0.3) is 0 Å². The minimum absolute atomic E-state index is 0.0433. The van der Waals surface area contributed by atoms with E-state index in [1.54, 1.807) is 0 Å². The quantitative estimate of drug-likeness (QED) is 0.453. The van der Waals surface area contributed by atoms with Gasteiger partial charge in [-0.2, -0.15) is 0 Å². The molecule has 0 aromatic heterocycles. The molecule has 5 nitrogen and oxygen atoms in total. The van der Waals surface area contributed by atoms with Crippen LogP contribution in [0.4, 0.5) is 0 Å². The molecular formula is C18H26O5. The lowest BCUT2D eigenvalue weighted by atomic mass is 9.43. The minimum atomic E-state index is -0.807. The fraction of sp³-hybridized carbons (Fsp3) is 0.833. The van der Waals surface area contributed by atoms with Crippen LogP contribution in [-0.4, -0.2) is 35.8 Å². The Labute approximate surface area is 137 Å². The number of ether oxygens (including phenoxy) is 2. The van der Waals surface area contributed by atoms with Crippen LogP contribution >= 0.6 is 0 Å². The van der Waals surface area contributed by atoms with Crippen molar-refractivity contribution in [2.45, 2.75) is 71.7 Å². The highest BCUT2D eigenvalue weighted by Gasteiger charge is 2.77. The molecule has 0 aromatic rings. The van der Waals surface area contributed by atoms with Crippen molar-refractivity contribution in [3.8, 4) is 0 Å². The maximum absolute atomic E-state index is 13.3. The maximum Gasteiger partial charge on any atom is 0.303 e. The molecule has 2 unspecified atom stereocenters. The molecule has 0 bridgehead atoms. The van der Waals surface area contributed by atoms with Crippen molar-refractivity contribution in [2.75, 3.05) is 0 Å². The number of rotatable bonds is 3. The summed E-state index contributed by atoms with van der Waals surface area (Å²) in [6.07, 6.45) is 2.37. The van der Waals surface area contributed by atoms with Gasteiger partial charge in [-0.3, -0.25) is 9.59 Å². The van der Waals surface area contributed by atoms with Gasteiger partial charge in [0.15, 0.2) is 11.9 Å². The zero-order chi connectivity index (χ0) is 17.2. The molecule has 2 aliphatic carbocycles. The highest BCUT2D eigenvalue weighted by Crippen LogP contribution is 2.69. The molecular weight excluding hydrogens is 296 g/mol. The van der Waals surface area contributed by atoms with Crippen LogP contribution in [-0.2, 0) is 23.9 Å². The van der Waals surface area contributed by atoms with Gasteiger partial charge in [-0.1, -0.05) is 13.8 Å². The summed E-state index contributed by atoms with van der Waals surface area (Å²) in [6.45, 7) is 9.25. The van der Waals surface area contributed by atoms with Crippen LogP contribution in [0.25, 0.3) is 0 Å². The third-order valence-corrected chi connectivity index (χ3v) is 7.27. The summed E-state index contributed by atoms with van der Waals surface area (Å²) in [7, 11) is 0. The molecule has 1 aliphatic heterocycles. The molecule has 2 saturated carbocycles. The Morgan fingerprint density at radius 2 is 2.00 bits per heavy atom. The summed E-state index contributed by atoms with van der Waals surface area (Å²) in [6, 6.07) is 0. The number of hydrogen-bond donors (Lipinski definition) is 0. The molecule has 1 saturated heterocycles. The van der Waals surface area contributed by atoms with Gasteiger partial charge in [0, 0.05) is 19.3 Å². The van der Waals surface area contributed by atoms with Gasteiger partial charge in [-0.05, 0) is 38.0 Å². The number of hydrogen-bond acceptors (Lipinski definition) is 5. The van der Waals surface area contributed by atoms with E-state index in [0.717, 1.165) is 19.1 Å². The molecule has 128 valence electrons. The molecule has 3 fully saturated rings. The van der Waals surface area contributed by atoms with Gasteiger partial charge in [-0.15, -0.1) is 0 Å². The second-order valence-corrected chi connectivity index (χ2v) is 8.11. The number of epoxide rings is 1. The molecule has 0 N–H and O–H groups in total. The van der Waals surface area contributed by atoms with Gasteiger partial charge in [0.05, 0.1) is 11.5 Å². The average Bonchev–Trinajstić information content (AvgIpc) is 3.15. The second kappa shape index (κ2) is 4.88. The molecule has 3 rings (SSSR count). The van der Waals surface area contributed by atoms with Crippen molar-refractivity contribution in [2.24, 2.45) is 22.7 Å². The van der Waals surface area contributed by atoms with E-state index < -0.39 is 23.1 Å². The minimum Gasteiger partial charge on any atom is -0.454 e. The van der Waals surface area contributed by atoms with Crippen LogP contribution < -0.4 is 0 Å². The van der Waals surface area contributed by atoms with Crippen molar-refractivity contribution in [1.82, 2.24) is 0 Å². The van der Waals surface area contributed by atoms with Crippen molar-refractivity contribution in [3.63, 3.8) is 0 Å². The zero-order valence-electron chi connectivity index (χ0n) is 14.5. The summed E-state index contributed by atoms with van der Waals surface area (Å²) in [5.41, 5.74) is -1.61. The molecule has 7 atom stereocenters. The van der Waals surface area contributed by atoms with Crippen LogP contribution in [0.2, 0.25) is 0 Å². The monoisotopic (exact) mass is 322 g/mol. The van der Waals surface area contributed by atoms with Crippen LogP contribution in [0.3, 0.4) is 0 Å². The summed E-state index contributed by atoms with van der Waals surface area (Å²) in [4.78, 5) is 36.2. The number of Topliss-reactive ketones (excluding diaryl/α,β-unsaturated/α-hetero) is 1. The van der Waals surface area contributed by atoms with Gasteiger partial charge in [0.1, 0.15) is 11.9 Å². The fourth-order valence-corrected chi connectivity index (χ4v) is 5.44. The Bertz CT molecular complexity index is 572. The normalized spacial score (nSPS) is 51.4. The Hall–Kier alpha value is -1.23. The van der Waals surface area contributed by atoms with Gasteiger partial charge >= 0.3 is 5.97 Å². The molecule has 5 heteroatoms. The third-order valence-electron chi connectivity index (χ3n) is 7.27. The van der Waals surface area contributed by atoms with E-state index in [0.29, 0.717) is 6.42 Å². The molecule has 0 radical (unpaired) electrons. The number of carbonyl (C=O) groups is 3. The third kappa shape index (κ3) is 1.92. The van der Waals surface area contributed by atoms with Crippen molar-refractivity contribution < 1.29 is 23.9 Å². The summed E-state index contributed by atoms with van der Waals surface area (Å²) in [5.74, 6) is -0.641. The Morgan fingerprint density at radius 1 is 1.35 bits per heavy atom. The molecule has 1 heterocycles. The van der Waals surface area contributed by atoms with E-state index >= 15 is 0 Å². The molecule has 3 aliphatic rings. The topological polar surface area (TPSA) is 73.0 Å². The number of fused-ring (bicyclic) bond motifs is 3. The highest BCUT2D eigenvalue weighted by molar-refractivity contribution is 5.94. The largest absolute Gasteiger partial charge is 0.454 e. The molecule has 0 aromatic carbocycles. The van der Waals surface area contributed by atoms with E-state index in [1.807, 2.05) is 20.8 Å². The first kappa shape index (κ1) is 16.6. The first-order valence-corrected chi connectivity index (χ1v) is 8.46. The highest BCUT2D eigenvalue weighted by atomic mass is 16.6. The smallest absolute Gasteiger partial charge is 0.303 e. The molecule has 0 spiro atoms. The first-order valence-electron chi connectivity index (χ1n) is 8.46. The Morgan fingerprint density at radius 3 is 2.57 bits per heavy atom. The van der Waals surface area contributed by atoms with Crippen molar-refractivity contribution in [1.29, 1.82) is 0 Å². The first-order chi connectivity index (χ1) is 10.6. The molecule has 23 heavy (non-hydrogen) atoms.